The van der Waals surface area contributed by atoms with Gasteiger partial charge in [0.05, 0.1) is 11.1 Å². The van der Waals surface area contributed by atoms with Gasteiger partial charge in [-0.25, -0.2) is 13.6 Å². The first-order valence-corrected chi connectivity index (χ1v) is 4.88. The van der Waals surface area contributed by atoms with Crippen molar-refractivity contribution in [2.24, 2.45) is 0 Å². The molecule has 0 aromatic heterocycles. The van der Waals surface area contributed by atoms with Crippen molar-refractivity contribution in [2.45, 2.75) is 0 Å². The van der Waals surface area contributed by atoms with Crippen LogP contribution in [0.2, 0.25) is 0 Å². The topological polar surface area (TPSA) is 37.3 Å². The molecule has 0 saturated heterocycles. The molecule has 4 heteroatoms. The van der Waals surface area contributed by atoms with Gasteiger partial charge >= 0.3 is 5.97 Å². The molecule has 0 bridgehead atoms. The predicted molar refractivity (Wildman–Crippen MR) is 58.8 cm³/mol. The van der Waals surface area contributed by atoms with E-state index >= 15 is 0 Å². The standard InChI is InChI=1S/C13H8F2O2/c14-10-7-6-9(13(16)17)12(15)11(10)8-4-2-1-3-5-8/h1-7H,(H,16,17). The van der Waals surface area contributed by atoms with Crippen LogP contribution in [0.5, 0.6) is 0 Å². The van der Waals surface area contributed by atoms with Crippen molar-refractivity contribution in [3.8, 4) is 11.1 Å². The molecular formula is C13H8F2O2. The van der Waals surface area contributed by atoms with Gasteiger partial charge in [0.1, 0.15) is 11.6 Å². The van der Waals surface area contributed by atoms with Crippen LogP contribution in [-0.4, -0.2) is 11.1 Å². The highest BCUT2D eigenvalue weighted by Gasteiger charge is 2.18. The van der Waals surface area contributed by atoms with E-state index < -0.39 is 23.2 Å². The first kappa shape index (κ1) is 11.3. The fraction of sp³-hybridized carbons (Fsp3) is 0. The number of hydrogen-bond acceptors (Lipinski definition) is 1. The first-order valence-electron chi connectivity index (χ1n) is 4.88. The normalized spacial score (nSPS) is 10.2. The number of carbonyl (C=O) groups is 1. The van der Waals surface area contributed by atoms with E-state index in [1.165, 1.54) is 12.1 Å². The second-order valence-electron chi connectivity index (χ2n) is 3.46. The zero-order valence-corrected chi connectivity index (χ0v) is 8.65. The molecule has 2 aromatic carbocycles. The lowest BCUT2D eigenvalue weighted by Gasteiger charge is -2.07. The second-order valence-corrected chi connectivity index (χ2v) is 3.46. The van der Waals surface area contributed by atoms with E-state index in [1.54, 1.807) is 18.2 Å². The van der Waals surface area contributed by atoms with Crippen LogP contribution in [0.3, 0.4) is 0 Å². The molecule has 1 N–H and O–H groups in total. The van der Waals surface area contributed by atoms with Gasteiger partial charge in [0.2, 0.25) is 0 Å². The number of benzene rings is 2. The average molecular weight is 234 g/mol. The molecule has 86 valence electrons. The molecule has 0 spiro atoms. The maximum Gasteiger partial charge on any atom is 0.338 e. The van der Waals surface area contributed by atoms with Gasteiger partial charge in [-0.3, -0.25) is 0 Å². The zero-order valence-electron chi connectivity index (χ0n) is 8.65. The van der Waals surface area contributed by atoms with Crippen LogP contribution in [0.25, 0.3) is 11.1 Å². The minimum absolute atomic E-state index is 0.311. The highest BCUT2D eigenvalue weighted by molar-refractivity contribution is 5.90. The van der Waals surface area contributed by atoms with E-state index in [1.807, 2.05) is 0 Å². The van der Waals surface area contributed by atoms with Crippen LogP contribution in [0.4, 0.5) is 8.78 Å². The van der Waals surface area contributed by atoms with Crippen molar-refractivity contribution in [1.82, 2.24) is 0 Å². The lowest BCUT2D eigenvalue weighted by atomic mass is 10.0. The molecule has 0 saturated carbocycles. The third-order valence-corrected chi connectivity index (χ3v) is 2.38. The van der Waals surface area contributed by atoms with Gasteiger partial charge < -0.3 is 5.11 Å². The van der Waals surface area contributed by atoms with Crippen molar-refractivity contribution in [3.05, 3.63) is 59.7 Å². The van der Waals surface area contributed by atoms with Gasteiger partial charge in [0, 0.05) is 0 Å². The van der Waals surface area contributed by atoms with Crippen molar-refractivity contribution < 1.29 is 18.7 Å². The summed E-state index contributed by atoms with van der Waals surface area (Å²) in [5, 5.41) is 8.77. The minimum atomic E-state index is -1.42. The largest absolute Gasteiger partial charge is 0.478 e. The summed E-state index contributed by atoms with van der Waals surface area (Å²) in [4.78, 5) is 10.8. The Kier molecular flexibility index (Phi) is 2.87. The molecule has 2 nitrogen and oxygen atoms in total. The van der Waals surface area contributed by atoms with Crippen LogP contribution in [-0.2, 0) is 0 Å². The molecule has 0 aliphatic carbocycles. The van der Waals surface area contributed by atoms with Gasteiger partial charge in [0.25, 0.3) is 0 Å². The van der Waals surface area contributed by atoms with E-state index in [0.29, 0.717) is 5.56 Å². The number of halogens is 2. The van der Waals surface area contributed by atoms with Crippen LogP contribution in [0, 0.1) is 11.6 Å². The van der Waals surface area contributed by atoms with Crippen LogP contribution in [0.15, 0.2) is 42.5 Å². The SMILES string of the molecule is O=C(O)c1ccc(F)c(-c2ccccc2)c1F. The molecule has 0 aliphatic rings. The van der Waals surface area contributed by atoms with Gasteiger partial charge in [-0.1, -0.05) is 30.3 Å². The summed E-state index contributed by atoms with van der Waals surface area (Å²) >= 11 is 0. The fourth-order valence-corrected chi connectivity index (χ4v) is 1.59. The van der Waals surface area contributed by atoms with Gasteiger partial charge in [-0.2, -0.15) is 0 Å². The van der Waals surface area contributed by atoms with E-state index in [9.17, 15) is 13.6 Å². The van der Waals surface area contributed by atoms with Crippen molar-refractivity contribution in [2.75, 3.05) is 0 Å². The Hall–Kier alpha value is -2.23. The second kappa shape index (κ2) is 4.33. The highest BCUT2D eigenvalue weighted by Crippen LogP contribution is 2.27. The predicted octanol–water partition coefficient (Wildman–Crippen LogP) is 3.33. The van der Waals surface area contributed by atoms with E-state index in [2.05, 4.69) is 0 Å². The molecule has 2 aromatic rings. The lowest BCUT2D eigenvalue weighted by molar-refractivity contribution is 0.0692. The molecule has 2 rings (SSSR count). The number of carboxylic acid groups (broad SMARTS) is 1. The van der Waals surface area contributed by atoms with E-state index in [-0.39, 0.29) is 5.56 Å². The number of rotatable bonds is 2. The Morgan fingerprint density at radius 3 is 2.24 bits per heavy atom. The minimum Gasteiger partial charge on any atom is -0.478 e. The lowest BCUT2D eigenvalue weighted by Crippen LogP contribution is -2.03. The van der Waals surface area contributed by atoms with Crippen LogP contribution >= 0.6 is 0 Å². The van der Waals surface area contributed by atoms with Crippen LogP contribution in [0.1, 0.15) is 10.4 Å². The Labute approximate surface area is 96.1 Å². The number of carboxylic acids is 1. The maximum absolute atomic E-state index is 13.8. The molecular weight excluding hydrogens is 226 g/mol. The molecule has 0 aliphatic heterocycles. The van der Waals surface area contributed by atoms with Crippen molar-refractivity contribution in [3.63, 3.8) is 0 Å². The molecule has 0 atom stereocenters. The van der Waals surface area contributed by atoms with Crippen molar-refractivity contribution >= 4 is 5.97 Å². The number of hydrogen-bond donors (Lipinski definition) is 1. The maximum atomic E-state index is 13.8. The summed E-state index contributed by atoms with van der Waals surface area (Å²) in [5.41, 5.74) is -0.540. The third-order valence-electron chi connectivity index (χ3n) is 2.38. The molecule has 0 unspecified atom stereocenters. The van der Waals surface area contributed by atoms with Gasteiger partial charge in [-0.05, 0) is 17.7 Å². The highest BCUT2D eigenvalue weighted by atomic mass is 19.1. The summed E-state index contributed by atoms with van der Waals surface area (Å²) in [6, 6.07) is 9.87. The summed E-state index contributed by atoms with van der Waals surface area (Å²) in [6.45, 7) is 0. The summed E-state index contributed by atoms with van der Waals surface area (Å²) < 4.78 is 27.4. The molecule has 17 heavy (non-hydrogen) atoms. The van der Waals surface area contributed by atoms with E-state index in [0.717, 1.165) is 12.1 Å². The average Bonchev–Trinajstić information content (AvgIpc) is 2.30. The Balaban J connectivity index is 2.69. The Morgan fingerprint density at radius 2 is 1.65 bits per heavy atom. The quantitative estimate of drug-likeness (QED) is 0.865. The number of aromatic carboxylic acids is 1. The fourth-order valence-electron chi connectivity index (χ4n) is 1.59. The third kappa shape index (κ3) is 2.01. The smallest absolute Gasteiger partial charge is 0.338 e. The molecule has 0 radical (unpaired) electrons. The van der Waals surface area contributed by atoms with Crippen LogP contribution < -0.4 is 0 Å². The van der Waals surface area contributed by atoms with Gasteiger partial charge in [0.15, 0.2) is 0 Å². The zero-order chi connectivity index (χ0) is 12.4. The summed E-state index contributed by atoms with van der Waals surface area (Å²) in [5.74, 6) is -3.25. The Morgan fingerprint density at radius 1 is 1.00 bits per heavy atom. The Bertz CT molecular complexity index is 565. The summed E-state index contributed by atoms with van der Waals surface area (Å²) in [6.07, 6.45) is 0. The molecule has 0 fully saturated rings. The van der Waals surface area contributed by atoms with E-state index in [4.69, 9.17) is 5.11 Å². The monoisotopic (exact) mass is 234 g/mol. The van der Waals surface area contributed by atoms with Crippen molar-refractivity contribution in [1.29, 1.82) is 0 Å². The molecule has 0 heterocycles. The molecule has 0 amide bonds. The summed E-state index contributed by atoms with van der Waals surface area (Å²) in [7, 11) is 0. The first-order chi connectivity index (χ1) is 8.11. The van der Waals surface area contributed by atoms with Gasteiger partial charge in [-0.15, -0.1) is 0 Å².